The number of carbonyl (C=O) groups is 1. The normalized spacial score (nSPS) is 27.8. The lowest BCUT2D eigenvalue weighted by atomic mass is 9.80. The molecule has 3 aliphatic rings. The summed E-state index contributed by atoms with van der Waals surface area (Å²) in [5.74, 6) is 0.0402. The Hall–Kier alpha value is -1.90. The van der Waals surface area contributed by atoms with E-state index in [0.29, 0.717) is 25.4 Å². The number of nitrogens with zero attached hydrogens (tertiary/aromatic N) is 1. The molecular weight excluding hydrogens is 508 g/mol. The molecule has 3 atom stereocenters. The second-order valence-corrected chi connectivity index (χ2v) is 11.1. The Kier molecular flexibility index (Phi) is 8.71. The predicted molar refractivity (Wildman–Crippen MR) is 136 cm³/mol. The summed E-state index contributed by atoms with van der Waals surface area (Å²) < 4.78 is 59.1. The van der Waals surface area contributed by atoms with Gasteiger partial charge >= 0.3 is 6.18 Å². The van der Waals surface area contributed by atoms with Crippen molar-refractivity contribution in [3.05, 3.63) is 58.1 Å². The largest absolute Gasteiger partial charge is 0.416 e. The van der Waals surface area contributed by atoms with Crippen LogP contribution in [0.25, 0.3) is 0 Å². The Morgan fingerprint density at radius 3 is 2.51 bits per heavy atom. The van der Waals surface area contributed by atoms with Crippen LogP contribution in [0.1, 0.15) is 57.1 Å². The zero-order chi connectivity index (χ0) is 26.8. The number of ether oxygens (including phenoxy) is 1. The number of piperidine rings is 1. The van der Waals surface area contributed by atoms with Gasteiger partial charge < -0.3 is 10.1 Å². The fourth-order valence-electron chi connectivity index (χ4n) is 5.73. The molecule has 2 aliphatic heterocycles. The second-order valence-electron chi connectivity index (χ2n) is 10.7. The number of likely N-dealkylation sites (tertiary alicyclic amines) is 1. The van der Waals surface area contributed by atoms with Crippen LogP contribution in [0.4, 0.5) is 17.6 Å². The van der Waals surface area contributed by atoms with Crippen molar-refractivity contribution in [1.29, 1.82) is 0 Å². The smallest absolute Gasteiger partial charge is 0.363 e. The topological polar surface area (TPSA) is 41.6 Å². The van der Waals surface area contributed by atoms with Gasteiger partial charge in [-0.15, -0.1) is 0 Å². The summed E-state index contributed by atoms with van der Waals surface area (Å²) in [5, 5.41) is 2.77. The molecule has 2 saturated heterocycles. The van der Waals surface area contributed by atoms with Gasteiger partial charge in [0.2, 0.25) is 0 Å². The molecular formula is C28H35ClF4N2O2. The Bertz CT molecular complexity index is 1020. The summed E-state index contributed by atoms with van der Waals surface area (Å²) in [6.07, 6.45) is 4.05. The number of nitrogens with one attached hydrogen (secondary N) is 1. The van der Waals surface area contributed by atoms with E-state index in [1.165, 1.54) is 11.6 Å². The maximum absolute atomic E-state index is 13.4. The van der Waals surface area contributed by atoms with E-state index in [2.05, 4.69) is 10.2 Å². The first kappa shape index (κ1) is 28.1. The molecule has 1 aromatic rings. The predicted octanol–water partition coefficient (Wildman–Crippen LogP) is 6.49. The van der Waals surface area contributed by atoms with Crippen LogP contribution in [0, 0.1) is 11.8 Å². The highest BCUT2D eigenvalue weighted by molar-refractivity contribution is 6.30. The number of amides is 1. The van der Waals surface area contributed by atoms with Crippen LogP contribution < -0.4 is 5.32 Å². The van der Waals surface area contributed by atoms with Gasteiger partial charge in [0.25, 0.3) is 5.91 Å². The molecule has 1 aromatic carbocycles. The lowest BCUT2D eigenvalue weighted by Gasteiger charge is -2.46. The maximum Gasteiger partial charge on any atom is 0.416 e. The van der Waals surface area contributed by atoms with Crippen LogP contribution in [-0.4, -0.2) is 48.3 Å². The van der Waals surface area contributed by atoms with Gasteiger partial charge in [-0.3, -0.25) is 9.69 Å². The van der Waals surface area contributed by atoms with Crippen LogP contribution in [-0.2, 0) is 22.3 Å². The van der Waals surface area contributed by atoms with E-state index in [1.54, 1.807) is 6.08 Å². The number of benzene rings is 1. The third-order valence-electron chi connectivity index (χ3n) is 8.03. The van der Waals surface area contributed by atoms with Crippen LogP contribution in [0.5, 0.6) is 0 Å². The van der Waals surface area contributed by atoms with Crippen LogP contribution >= 0.6 is 11.6 Å². The third kappa shape index (κ3) is 6.58. The summed E-state index contributed by atoms with van der Waals surface area (Å²) in [4.78, 5) is 15.7. The molecule has 0 spiro atoms. The van der Waals surface area contributed by atoms with Crippen molar-refractivity contribution in [3.63, 3.8) is 0 Å². The zero-order valence-electron chi connectivity index (χ0n) is 21.3. The molecule has 1 amide bonds. The summed E-state index contributed by atoms with van der Waals surface area (Å²) in [5.41, 5.74) is -0.341. The highest BCUT2D eigenvalue weighted by Crippen LogP contribution is 2.37. The van der Waals surface area contributed by atoms with Crippen LogP contribution in [0.15, 0.2) is 42.0 Å². The second kappa shape index (κ2) is 11.5. The number of halogens is 5. The van der Waals surface area contributed by atoms with Crippen molar-refractivity contribution in [1.82, 2.24) is 10.2 Å². The van der Waals surface area contributed by atoms with Gasteiger partial charge in [0.05, 0.1) is 12.2 Å². The van der Waals surface area contributed by atoms with E-state index in [9.17, 15) is 22.4 Å². The fraction of sp³-hybridized carbons (Fsp3) is 0.607. The van der Waals surface area contributed by atoms with Crippen molar-refractivity contribution in [2.24, 2.45) is 11.8 Å². The molecule has 4 rings (SSSR count). The van der Waals surface area contributed by atoms with Crippen molar-refractivity contribution < 1.29 is 27.1 Å². The van der Waals surface area contributed by atoms with Gasteiger partial charge in [-0.05, 0) is 79.9 Å². The first-order chi connectivity index (χ1) is 17.5. The molecule has 37 heavy (non-hydrogen) atoms. The molecule has 2 heterocycles. The van der Waals surface area contributed by atoms with E-state index < -0.39 is 23.5 Å². The van der Waals surface area contributed by atoms with Gasteiger partial charge in [-0.25, -0.2) is 4.39 Å². The van der Waals surface area contributed by atoms with Crippen molar-refractivity contribution in [3.8, 4) is 0 Å². The number of allylic oxidation sites excluding steroid dienone is 4. The number of hydrogen-bond acceptors (Lipinski definition) is 3. The molecule has 0 bridgehead atoms. The molecule has 0 aromatic heterocycles. The molecule has 204 valence electrons. The quantitative estimate of drug-likeness (QED) is 0.418. The van der Waals surface area contributed by atoms with E-state index in [0.717, 1.165) is 44.5 Å². The lowest BCUT2D eigenvalue weighted by molar-refractivity contribution is -0.170. The molecule has 9 heteroatoms. The SMILES string of the molecule is CC(C)C1(C(=O)NCc2cc(Cl)cc(C(F)(F)F)c2)CCC(N2CCC(C3=CCC(F)C=C3)CC2)CO1. The Morgan fingerprint density at radius 1 is 1.22 bits per heavy atom. The average molecular weight is 543 g/mol. The maximum atomic E-state index is 13.4. The van der Waals surface area contributed by atoms with E-state index in [4.69, 9.17) is 16.3 Å². The summed E-state index contributed by atoms with van der Waals surface area (Å²) >= 11 is 5.88. The number of alkyl halides is 4. The van der Waals surface area contributed by atoms with Gasteiger partial charge in [-0.2, -0.15) is 13.2 Å². The van der Waals surface area contributed by atoms with Crippen molar-refractivity contribution in [2.45, 2.75) is 76.5 Å². The number of hydrogen-bond donors (Lipinski definition) is 1. The van der Waals surface area contributed by atoms with Gasteiger partial charge in [0, 0.05) is 24.0 Å². The van der Waals surface area contributed by atoms with Crippen LogP contribution in [0.3, 0.4) is 0 Å². The van der Waals surface area contributed by atoms with E-state index in [1.807, 2.05) is 26.0 Å². The zero-order valence-corrected chi connectivity index (χ0v) is 22.0. The summed E-state index contributed by atoms with van der Waals surface area (Å²) in [7, 11) is 0. The summed E-state index contributed by atoms with van der Waals surface area (Å²) in [6, 6.07) is 3.52. The third-order valence-corrected chi connectivity index (χ3v) is 8.25. The Morgan fingerprint density at radius 2 is 1.95 bits per heavy atom. The van der Waals surface area contributed by atoms with Crippen molar-refractivity contribution >= 4 is 17.5 Å². The molecule has 3 unspecified atom stereocenters. The summed E-state index contributed by atoms with van der Waals surface area (Å²) in [6.45, 7) is 6.09. The highest BCUT2D eigenvalue weighted by atomic mass is 35.5. The molecule has 2 fully saturated rings. The van der Waals surface area contributed by atoms with Gasteiger partial charge in [-0.1, -0.05) is 43.7 Å². The molecule has 4 nitrogen and oxygen atoms in total. The van der Waals surface area contributed by atoms with E-state index >= 15 is 0 Å². The Labute approximate surface area is 221 Å². The number of carbonyl (C=O) groups excluding carboxylic acids is 1. The fourth-order valence-corrected chi connectivity index (χ4v) is 5.98. The lowest BCUT2D eigenvalue weighted by Crippen LogP contribution is -2.58. The number of rotatable bonds is 6. The minimum absolute atomic E-state index is 0.0272. The van der Waals surface area contributed by atoms with E-state index in [-0.39, 0.29) is 35.0 Å². The highest BCUT2D eigenvalue weighted by Gasteiger charge is 2.47. The molecule has 0 radical (unpaired) electrons. The Balaban J connectivity index is 1.32. The first-order valence-electron chi connectivity index (χ1n) is 13.0. The van der Waals surface area contributed by atoms with Crippen molar-refractivity contribution in [2.75, 3.05) is 19.7 Å². The van der Waals surface area contributed by atoms with Gasteiger partial charge in [0.1, 0.15) is 11.8 Å². The first-order valence-corrected chi connectivity index (χ1v) is 13.4. The van der Waals surface area contributed by atoms with Crippen LogP contribution in [0.2, 0.25) is 5.02 Å². The minimum Gasteiger partial charge on any atom is -0.363 e. The van der Waals surface area contributed by atoms with Gasteiger partial charge in [0.15, 0.2) is 0 Å². The average Bonchev–Trinajstić information content (AvgIpc) is 2.87. The monoisotopic (exact) mass is 542 g/mol. The minimum atomic E-state index is -4.51. The molecule has 0 saturated carbocycles. The molecule has 1 N–H and O–H groups in total. The standard InChI is InChI=1S/C28H35ClF4N2O2/c1-18(2)27(26(36)34-16-19-13-22(28(31,32)33)15-23(29)14-19)10-7-25(17-37-27)35-11-8-21(9-12-35)20-3-5-24(30)6-4-20/h3-5,13-15,18,21,24-25H,6-12,16-17H2,1-2H3,(H,34,36). The molecule has 1 aliphatic carbocycles.